The molecule has 1 heterocycles. The molecule has 3 aromatic rings. The summed E-state index contributed by atoms with van der Waals surface area (Å²) in [6.45, 7) is 5.68. The molecule has 166 valence electrons. The molecule has 0 saturated carbocycles. The van der Waals surface area contributed by atoms with Crippen LogP contribution in [-0.2, 0) is 9.59 Å². The molecule has 3 aromatic carbocycles. The fourth-order valence-electron chi connectivity index (χ4n) is 3.56. The number of carbonyl (C=O) groups excluding carboxylic acids is 3. The van der Waals surface area contributed by atoms with E-state index in [1.807, 2.05) is 51.1 Å². The molecule has 0 fully saturated rings. The Morgan fingerprint density at radius 2 is 1.48 bits per heavy atom. The molecule has 4 rings (SSSR count). The van der Waals surface area contributed by atoms with Crippen LogP contribution >= 0.6 is 11.6 Å². The summed E-state index contributed by atoms with van der Waals surface area (Å²) in [5.41, 5.74) is 4.98. The topological polar surface area (TPSA) is 78.5 Å². The Morgan fingerprint density at radius 1 is 0.818 bits per heavy atom. The van der Waals surface area contributed by atoms with Crippen LogP contribution < -0.4 is 15.5 Å². The van der Waals surface area contributed by atoms with Gasteiger partial charge in [-0.05, 0) is 73.9 Å². The van der Waals surface area contributed by atoms with Crippen molar-refractivity contribution in [3.8, 4) is 0 Å². The van der Waals surface area contributed by atoms with Crippen molar-refractivity contribution in [1.82, 2.24) is 0 Å². The van der Waals surface area contributed by atoms with E-state index >= 15 is 0 Å². The summed E-state index contributed by atoms with van der Waals surface area (Å²) < 4.78 is 0. The molecular weight excluding hydrogens is 438 g/mol. The van der Waals surface area contributed by atoms with Crippen molar-refractivity contribution in [2.24, 2.45) is 0 Å². The van der Waals surface area contributed by atoms with Crippen LogP contribution in [-0.4, -0.2) is 17.7 Å². The highest BCUT2D eigenvalue weighted by molar-refractivity contribution is 6.53. The van der Waals surface area contributed by atoms with Crippen molar-refractivity contribution in [1.29, 1.82) is 0 Å². The normalized spacial score (nSPS) is 13.5. The molecule has 2 N–H and O–H groups in total. The minimum absolute atomic E-state index is 0.000292. The fraction of sp³-hybridized carbons (Fsp3) is 0.115. The zero-order valence-electron chi connectivity index (χ0n) is 18.4. The molecular formula is C26H22ClN3O3. The molecule has 0 aliphatic carbocycles. The second-order valence-electron chi connectivity index (χ2n) is 7.83. The van der Waals surface area contributed by atoms with E-state index in [-0.39, 0.29) is 16.6 Å². The monoisotopic (exact) mass is 459 g/mol. The number of amides is 3. The summed E-state index contributed by atoms with van der Waals surface area (Å²) in [6.07, 6.45) is 0. The van der Waals surface area contributed by atoms with Crippen molar-refractivity contribution in [2.45, 2.75) is 20.8 Å². The lowest BCUT2D eigenvalue weighted by Crippen LogP contribution is -2.33. The van der Waals surface area contributed by atoms with Crippen LogP contribution in [0, 0.1) is 20.8 Å². The Balaban J connectivity index is 1.51. The SMILES string of the molecule is Cc1ccccc1NC(=O)c1ccc(NC2=C(Cl)C(=O)N(c3cccc(C)c3C)C2=O)cc1. The minimum Gasteiger partial charge on any atom is -0.350 e. The lowest BCUT2D eigenvalue weighted by Gasteiger charge is -2.18. The lowest BCUT2D eigenvalue weighted by molar-refractivity contribution is -0.120. The molecule has 33 heavy (non-hydrogen) atoms. The molecule has 0 spiro atoms. The fourth-order valence-corrected chi connectivity index (χ4v) is 3.78. The first-order valence-electron chi connectivity index (χ1n) is 10.4. The maximum atomic E-state index is 13.0. The Labute approximate surface area is 196 Å². The summed E-state index contributed by atoms with van der Waals surface area (Å²) in [5, 5.41) is 5.63. The van der Waals surface area contributed by atoms with Gasteiger partial charge in [0.25, 0.3) is 17.7 Å². The number of imide groups is 1. The van der Waals surface area contributed by atoms with Gasteiger partial charge < -0.3 is 10.6 Å². The molecule has 0 atom stereocenters. The van der Waals surface area contributed by atoms with Gasteiger partial charge in [0, 0.05) is 16.9 Å². The van der Waals surface area contributed by atoms with Gasteiger partial charge in [-0.1, -0.05) is 41.9 Å². The van der Waals surface area contributed by atoms with E-state index in [4.69, 9.17) is 11.6 Å². The summed E-state index contributed by atoms with van der Waals surface area (Å²) in [4.78, 5) is 39.4. The van der Waals surface area contributed by atoms with E-state index in [9.17, 15) is 14.4 Å². The van der Waals surface area contributed by atoms with Crippen LogP contribution in [0.15, 0.2) is 77.5 Å². The van der Waals surface area contributed by atoms with Gasteiger partial charge in [0.05, 0.1) is 5.69 Å². The maximum absolute atomic E-state index is 13.0. The van der Waals surface area contributed by atoms with Crippen LogP contribution in [0.2, 0.25) is 0 Å². The van der Waals surface area contributed by atoms with Crippen LogP contribution in [0.25, 0.3) is 0 Å². The number of benzene rings is 3. The van der Waals surface area contributed by atoms with E-state index in [0.29, 0.717) is 16.9 Å². The number of anilines is 3. The summed E-state index contributed by atoms with van der Waals surface area (Å²) in [5.74, 6) is -1.35. The summed E-state index contributed by atoms with van der Waals surface area (Å²) in [6, 6.07) is 19.5. The van der Waals surface area contributed by atoms with Gasteiger partial charge in [-0.25, -0.2) is 4.90 Å². The third-order valence-electron chi connectivity index (χ3n) is 5.65. The van der Waals surface area contributed by atoms with Crippen molar-refractivity contribution in [2.75, 3.05) is 15.5 Å². The van der Waals surface area contributed by atoms with E-state index in [0.717, 1.165) is 27.3 Å². The molecule has 6 nitrogen and oxygen atoms in total. The van der Waals surface area contributed by atoms with E-state index < -0.39 is 11.8 Å². The van der Waals surface area contributed by atoms with Gasteiger partial charge in [-0.3, -0.25) is 14.4 Å². The van der Waals surface area contributed by atoms with Crippen molar-refractivity contribution in [3.05, 3.63) is 99.7 Å². The molecule has 0 radical (unpaired) electrons. The van der Waals surface area contributed by atoms with Gasteiger partial charge in [-0.2, -0.15) is 0 Å². The first-order valence-corrected chi connectivity index (χ1v) is 10.7. The van der Waals surface area contributed by atoms with Crippen LogP contribution in [0.4, 0.5) is 17.1 Å². The van der Waals surface area contributed by atoms with Gasteiger partial charge in [0.1, 0.15) is 10.7 Å². The summed E-state index contributed by atoms with van der Waals surface area (Å²) >= 11 is 6.24. The highest BCUT2D eigenvalue weighted by atomic mass is 35.5. The molecule has 0 aromatic heterocycles. The van der Waals surface area contributed by atoms with E-state index in [1.165, 1.54) is 0 Å². The first kappa shape index (κ1) is 22.3. The number of rotatable bonds is 5. The Morgan fingerprint density at radius 3 is 2.18 bits per heavy atom. The molecule has 3 amide bonds. The molecule has 0 saturated heterocycles. The Hall–Kier alpha value is -3.90. The zero-order chi connectivity index (χ0) is 23.7. The molecule has 7 heteroatoms. The van der Waals surface area contributed by atoms with Gasteiger partial charge in [0.15, 0.2) is 0 Å². The van der Waals surface area contributed by atoms with Crippen LogP contribution in [0.5, 0.6) is 0 Å². The summed E-state index contributed by atoms with van der Waals surface area (Å²) in [7, 11) is 0. The standard InChI is InChI=1S/C26H22ClN3O3/c1-15-8-6-10-21(17(15)3)30-25(32)22(27)23(26(30)33)28-19-13-11-18(12-14-19)24(31)29-20-9-5-4-7-16(20)2/h4-14,28H,1-3H3,(H,29,31). The molecule has 0 bridgehead atoms. The average Bonchev–Trinajstić information content (AvgIpc) is 3.01. The van der Waals surface area contributed by atoms with Gasteiger partial charge in [-0.15, -0.1) is 0 Å². The third-order valence-corrected chi connectivity index (χ3v) is 6.00. The third kappa shape index (κ3) is 4.25. The van der Waals surface area contributed by atoms with E-state index in [1.54, 1.807) is 36.4 Å². The van der Waals surface area contributed by atoms with Gasteiger partial charge >= 0.3 is 0 Å². The largest absolute Gasteiger partial charge is 0.350 e. The molecule has 1 aliphatic rings. The zero-order valence-corrected chi connectivity index (χ0v) is 19.2. The Kier molecular flexibility index (Phi) is 6.03. The number of halogens is 1. The van der Waals surface area contributed by atoms with Gasteiger partial charge in [0.2, 0.25) is 0 Å². The second-order valence-corrected chi connectivity index (χ2v) is 8.20. The maximum Gasteiger partial charge on any atom is 0.283 e. The quantitative estimate of drug-likeness (QED) is 0.507. The highest BCUT2D eigenvalue weighted by Crippen LogP contribution is 2.33. The van der Waals surface area contributed by atoms with Crippen LogP contribution in [0.1, 0.15) is 27.0 Å². The lowest BCUT2D eigenvalue weighted by atomic mass is 10.1. The molecule has 0 unspecified atom stereocenters. The number of aryl methyl sites for hydroxylation is 2. The predicted octanol–water partition coefficient (Wildman–Crippen LogP) is 5.30. The number of carbonyl (C=O) groups is 3. The van der Waals surface area contributed by atoms with Crippen molar-refractivity contribution in [3.63, 3.8) is 0 Å². The van der Waals surface area contributed by atoms with E-state index in [2.05, 4.69) is 10.6 Å². The minimum atomic E-state index is -0.577. The smallest absolute Gasteiger partial charge is 0.283 e. The molecule has 1 aliphatic heterocycles. The second kappa shape index (κ2) is 8.92. The number of nitrogens with one attached hydrogen (secondary N) is 2. The highest BCUT2D eigenvalue weighted by Gasteiger charge is 2.39. The first-order chi connectivity index (χ1) is 15.8. The predicted molar refractivity (Wildman–Crippen MR) is 130 cm³/mol. The number of nitrogens with zero attached hydrogens (tertiary/aromatic N) is 1. The Bertz CT molecular complexity index is 1310. The average molecular weight is 460 g/mol. The number of para-hydroxylation sites is 1. The van der Waals surface area contributed by atoms with Crippen molar-refractivity contribution < 1.29 is 14.4 Å². The van der Waals surface area contributed by atoms with Crippen molar-refractivity contribution >= 4 is 46.4 Å². The van der Waals surface area contributed by atoms with Crippen LogP contribution in [0.3, 0.4) is 0 Å². The number of hydrogen-bond acceptors (Lipinski definition) is 4. The number of hydrogen-bond donors (Lipinski definition) is 2.